The number of nitrogens with two attached hydrogens (primary N) is 1. The van der Waals surface area contributed by atoms with E-state index in [9.17, 15) is 19.5 Å². The normalized spacial score (nSPS) is 21.5. The molecule has 2 aromatic heterocycles. The highest BCUT2D eigenvalue weighted by molar-refractivity contribution is 6.00. The maximum Gasteiger partial charge on any atom is 0.407 e. The molecule has 0 radical (unpaired) electrons. The Kier molecular flexibility index (Phi) is 13.2. The molecule has 0 bridgehead atoms. The number of aliphatic hydroxyl groups is 1. The lowest BCUT2D eigenvalue weighted by Crippen LogP contribution is -2.54. The summed E-state index contributed by atoms with van der Waals surface area (Å²) in [6.07, 6.45) is 5.63. The minimum atomic E-state index is -1.25. The summed E-state index contributed by atoms with van der Waals surface area (Å²) in [6.45, 7) is 11.1. The number of methoxy groups -OCH3 is 2. The molecule has 4 aliphatic heterocycles. The molecular weight excluding hydrogens is 863 g/mol. The Labute approximate surface area is 396 Å². The van der Waals surface area contributed by atoms with Crippen molar-refractivity contribution in [2.75, 3.05) is 33.0 Å². The van der Waals surface area contributed by atoms with Crippen LogP contribution in [0.5, 0.6) is 5.75 Å². The number of amides is 3. The average Bonchev–Trinajstić information content (AvgIpc) is 4.17. The Balaban J connectivity index is 1.02. The predicted octanol–water partition coefficient (Wildman–Crippen LogP) is 7.61. The Bertz CT molecular complexity index is 2770. The number of ether oxygens (including phenoxy) is 3. The summed E-state index contributed by atoms with van der Waals surface area (Å²) in [4.78, 5) is 57.4. The number of aromatic nitrogens is 3. The van der Waals surface area contributed by atoms with E-state index < -0.39 is 30.8 Å². The first-order chi connectivity index (χ1) is 32.7. The van der Waals surface area contributed by atoms with Crippen LogP contribution in [0.2, 0.25) is 0 Å². The standard InChI is InChI=1S/C52H63N9O7/c1-28(2)45(57-51(64)66-6)48(62)59-19-9-13-41(59)38-22-30(5)21-37(55-38)31-16-18-40-34(23-31)25-43-36-17-15-32(26-44(36)68-50(61(40)43)33-11-8-12-35(53)24-33)39-27-54-47(56-39)42-14-10-20-60(42)49(63)46(29(3)4)58-52(65)67-7/h8,11-12,15-18,21,23-30,41-42,45-46,50,52,58,65H,9-10,13-14,19-20,22,53H2,1-7H3,(H,54,56)(H,57,64). The molecule has 3 amide bonds. The van der Waals surface area contributed by atoms with Crippen molar-refractivity contribution in [1.82, 2.24) is 35.0 Å². The largest absolute Gasteiger partial charge is 0.465 e. The zero-order valence-electron chi connectivity index (χ0n) is 39.9. The van der Waals surface area contributed by atoms with Gasteiger partial charge in [-0.3, -0.25) is 19.9 Å². The molecule has 2 fully saturated rings. The number of anilines is 1. The fourth-order valence-corrected chi connectivity index (χ4v) is 10.4. The molecule has 9 rings (SSSR count). The van der Waals surface area contributed by atoms with Crippen molar-refractivity contribution in [2.45, 2.75) is 104 Å². The van der Waals surface area contributed by atoms with Gasteiger partial charge in [0.1, 0.15) is 17.6 Å². The Hall–Kier alpha value is -6.49. The molecule has 0 spiro atoms. The van der Waals surface area contributed by atoms with Crippen LogP contribution in [0.3, 0.4) is 0 Å². The smallest absolute Gasteiger partial charge is 0.407 e. The molecule has 16 heteroatoms. The third kappa shape index (κ3) is 8.99. The fraction of sp³-hybridized carbons (Fsp3) is 0.442. The average molecular weight is 926 g/mol. The zero-order valence-corrected chi connectivity index (χ0v) is 39.9. The van der Waals surface area contributed by atoms with Gasteiger partial charge >= 0.3 is 6.09 Å². The van der Waals surface area contributed by atoms with Crippen LogP contribution in [0.1, 0.15) is 95.9 Å². The second-order valence-electron chi connectivity index (χ2n) is 19.3. The number of benzene rings is 3. The number of rotatable bonds is 13. The van der Waals surface area contributed by atoms with Gasteiger partial charge in [0.2, 0.25) is 24.5 Å². The van der Waals surface area contributed by atoms with E-state index in [1.54, 1.807) is 0 Å². The van der Waals surface area contributed by atoms with Crippen LogP contribution in [0.15, 0.2) is 84.0 Å². The van der Waals surface area contributed by atoms with Crippen molar-refractivity contribution in [3.63, 3.8) is 0 Å². The molecule has 0 aliphatic carbocycles. The van der Waals surface area contributed by atoms with Gasteiger partial charge in [0.25, 0.3) is 0 Å². The number of aromatic amines is 1. The Morgan fingerprint density at radius 1 is 0.897 bits per heavy atom. The van der Waals surface area contributed by atoms with Crippen LogP contribution in [-0.2, 0) is 19.1 Å². The minimum absolute atomic E-state index is 0.0785. The lowest BCUT2D eigenvalue weighted by Gasteiger charge is -2.33. The van der Waals surface area contributed by atoms with Crippen LogP contribution in [0.4, 0.5) is 10.5 Å². The van der Waals surface area contributed by atoms with Gasteiger partial charge in [0.15, 0.2) is 0 Å². The van der Waals surface area contributed by atoms with Gasteiger partial charge in [-0.05, 0) is 92.3 Å². The number of carbonyl (C=O) groups is 3. The number of aliphatic imine (C=N–C) groups is 1. The van der Waals surface area contributed by atoms with Crippen molar-refractivity contribution >= 4 is 45.9 Å². The van der Waals surface area contributed by atoms with Crippen molar-refractivity contribution in [1.29, 1.82) is 0 Å². The summed E-state index contributed by atoms with van der Waals surface area (Å²) in [5.41, 5.74) is 15.3. The van der Waals surface area contributed by atoms with E-state index >= 15 is 0 Å². The van der Waals surface area contributed by atoms with Gasteiger partial charge in [0.05, 0.1) is 54.0 Å². The highest BCUT2D eigenvalue weighted by Gasteiger charge is 2.40. The molecule has 68 heavy (non-hydrogen) atoms. The number of allylic oxidation sites excluding steroid dienone is 1. The van der Waals surface area contributed by atoms with E-state index in [-0.39, 0.29) is 41.7 Å². The van der Waals surface area contributed by atoms with E-state index in [2.05, 4.69) is 69.6 Å². The monoisotopic (exact) mass is 925 g/mol. The molecule has 5 aromatic rings. The number of hydrogen-bond donors (Lipinski definition) is 5. The summed E-state index contributed by atoms with van der Waals surface area (Å²) in [7, 11) is 2.69. The molecule has 7 atom stereocenters. The molecule has 0 saturated carbocycles. The lowest BCUT2D eigenvalue weighted by atomic mass is 9.92. The van der Waals surface area contributed by atoms with Crippen LogP contribution in [-0.4, -0.2) is 105 Å². The zero-order chi connectivity index (χ0) is 48.0. The molecule has 2 saturated heterocycles. The maximum atomic E-state index is 14.0. The van der Waals surface area contributed by atoms with Gasteiger partial charge in [-0.1, -0.05) is 65.0 Å². The first kappa shape index (κ1) is 46.6. The highest BCUT2D eigenvalue weighted by atomic mass is 16.6. The number of hydrogen-bond acceptors (Lipinski definition) is 11. The molecule has 4 aliphatic rings. The van der Waals surface area contributed by atoms with Gasteiger partial charge in [0, 0.05) is 59.2 Å². The number of alkyl carbamates (subject to hydrolysis) is 1. The maximum absolute atomic E-state index is 14.0. The molecule has 16 nitrogen and oxygen atoms in total. The van der Waals surface area contributed by atoms with Crippen LogP contribution in [0.25, 0.3) is 39.1 Å². The summed E-state index contributed by atoms with van der Waals surface area (Å²) in [5.74, 6) is 1.19. The molecule has 6 heterocycles. The number of nitrogens with zero attached hydrogens (tertiary/aromatic N) is 5. The third-order valence-corrected chi connectivity index (χ3v) is 13.8. The van der Waals surface area contributed by atoms with Gasteiger partial charge in [-0.15, -0.1) is 0 Å². The van der Waals surface area contributed by atoms with Crippen molar-refractivity contribution in [3.05, 3.63) is 96.0 Å². The predicted molar refractivity (Wildman–Crippen MR) is 261 cm³/mol. The van der Waals surface area contributed by atoms with E-state index in [0.29, 0.717) is 30.4 Å². The number of aliphatic hydroxyl groups excluding tert-OH is 1. The molecule has 7 unspecified atom stereocenters. The Morgan fingerprint density at radius 2 is 1.62 bits per heavy atom. The van der Waals surface area contributed by atoms with E-state index in [0.717, 1.165) is 88.1 Å². The second-order valence-corrected chi connectivity index (χ2v) is 19.3. The number of nitrogen functional groups attached to an aromatic ring is 1. The number of fused-ring (bicyclic) bond motifs is 5. The van der Waals surface area contributed by atoms with Crippen molar-refractivity contribution in [3.8, 4) is 28.3 Å². The summed E-state index contributed by atoms with van der Waals surface area (Å²) < 4.78 is 19.1. The fourth-order valence-electron chi connectivity index (χ4n) is 10.4. The van der Waals surface area contributed by atoms with Crippen LogP contribution >= 0.6 is 0 Å². The summed E-state index contributed by atoms with van der Waals surface area (Å²) in [5, 5.41) is 16.9. The number of H-pyrrole nitrogens is 1. The second kappa shape index (κ2) is 19.2. The van der Waals surface area contributed by atoms with Gasteiger partial charge in [-0.25, -0.2) is 9.78 Å². The van der Waals surface area contributed by atoms with E-state index in [1.807, 2.05) is 74.0 Å². The lowest BCUT2D eigenvalue weighted by molar-refractivity contribution is -0.145. The SMILES string of the molecule is COC(=O)NC(C(=O)N1CCCC1C1=NC(c2ccc3c(c2)cc2n3C(c3cccc(N)c3)Oc3cc(-c4cnc(C5CCCN5C(=O)C(NC(O)OC)C(C)C)[nH]4)ccc3-2)=CC(C)C1)C(C)C. The van der Waals surface area contributed by atoms with E-state index in [1.165, 1.54) is 14.2 Å². The number of carbonyl (C=O) groups excluding carboxylic acids is 3. The summed E-state index contributed by atoms with van der Waals surface area (Å²) in [6, 6.07) is 20.9. The van der Waals surface area contributed by atoms with Crippen LogP contribution < -0.4 is 21.1 Å². The minimum Gasteiger partial charge on any atom is -0.465 e. The highest BCUT2D eigenvalue weighted by Crippen LogP contribution is 2.46. The van der Waals surface area contributed by atoms with E-state index in [4.69, 9.17) is 29.9 Å². The molecule has 358 valence electrons. The van der Waals surface area contributed by atoms with Crippen molar-refractivity contribution < 1.29 is 33.7 Å². The first-order valence-electron chi connectivity index (χ1n) is 23.8. The number of likely N-dealkylation sites (tertiary alicyclic amines) is 2. The Morgan fingerprint density at radius 3 is 2.34 bits per heavy atom. The molecular formula is C52H63N9O7. The topological polar surface area (TPSA) is 202 Å². The number of imidazole rings is 1. The quantitative estimate of drug-likeness (QED) is 0.0578. The van der Waals surface area contributed by atoms with Crippen LogP contribution in [0, 0.1) is 17.8 Å². The van der Waals surface area contributed by atoms with Gasteiger partial charge in [-0.2, -0.15) is 0 Å². The van der Waals surface area contributed by atoms with Gasteiger partial charge < -0.3 is 49.7 Å². The first-order valence-corrected chi connectivity index (χ1v) is 23.8. The molecule has 3 aromatic carbocycles. The molecule has 6 N–H and O–H groups in total. The number of nitrogens with one attached hydrogen (secondary N) is 3. The third-order valence-electron chi connectivity index (χ3n) is 13.8. The summed E-state index contributed by atoms with van der Waals surface area (Å²) >= 11 is 0. The van der Waals surface area contributed by atoms with Crippen molar-refractivity contribution in [2.24, 2.45) is 22.7 Å².